The molecule has 0 bridgehead atoms. The molecule has 0 heterocycles. The number of fused-ring (bicyclic) bond motifs is 3. The number of benzene rings is 3. The van der Waals surface area contributed by atoms with Gasteiger partial charge in [-0.3, -0.25) is 4.79 Å². The van der Waals surface area contributed by atoms with Crippen LogP contribution in [0.5, 0.6) is 0 Å². The molecule has 0 aliphatic heterocycles. The van der Waals surface area contributed by atoms with Crippen molar-refractivity contribution in [3.8, 4) is 11.1 Å². The highest BCUT2D eigenvalue weighted by molar-refractivity contribution is 5.93. The lowest BCUT2D eigenvalue weighted by Crippen LogP contribution is -2.31. The Morgan fingerprint density at radius 3 is 2.36 bits per heavy atom. The molecule has 0 saturated carbocycles. The molecule has 5 nitrogen and oxygen atoms in total. The summed E-state index contributed by atoms with van der Waals surface area (Å²) >= 11 is 0. The van der Waals surface area contributed by atoms with Crippen LogP contribution in [-0.2, 0) is 11.2 Å². The minimum Gasteiger partial charge on any atom is -0.337 e. The zero-order chi connectivity index (χ0) is 19.3. The third-order valence-corrected chi connectivity index (χ3v) is 4.75. The fraction of sp³-hybridized carbons (Fsp3) is 0.130. The summed E-state index contributed by atoms with van der Waals surface area (Å²) in [5, 5.41) is 8.32. The number of urea groups is 1. The van der Waals surface area contributed by atoms with E-state index in [-0.39, 0.29) is 24.9 Å². The molecule has 3 aromatic carbocycles. The first-order valence-electron chi connectivity index (χ1n) is 9.30. The summed E-state index contributed by atoms with van der Waals surface area (Å²) < 4.78 is 0. The van der Waals surface area contributed by atoms with Gasteiger partial charge in [-0.25, -0.2) is 4.79 Å². The van der Waals surface area contributed by atoms with Crippen molar-refractivity contribution in [1.29, 1.82) is 0 Å². The van der Waals surface area contributed by atoms with Crippen LogP contribution >= 0.6 is 0 Å². The monoisotopic (exact) mass is 371 g/mol. The van der Waals surface area contributed by atoms with Gasteiger partial charge < -0.3 is 16.0 Å². The van der Waals surface area contributed by atoms with Crippen LogP contribution in [0.25, 0.3) is 11.1 Å². The van der Waals surface area contributed by atoms with Crippen LogP contribution in [0.3, 0.4) is 0 Å². The largest absolute Gasteiger partial charge is 0.337 e. The number of hydrogen-bond donors (Lipinski definition) is 3. The first kappa shape index (κ1) is 17.8. The molecule has 0 fully saturated rings. The maximum absolute atomic E-state index is 12.2. The van der Waals surface area contributed by atoms with Gasteiger partial charge in [-0.1, -0.05) is 48.5 Å². The van der Waals surface area contributed by atoms with E-state index in [1.165, 1.54) is 22.3 Å². The highest BCUT2D eigenvalue weighted by Crippen LogP contribution is 2.37. The van der Waals surface area contributed by atoms with Crippen molar-refractivity contribution in [1.82, 2.24) is 5.32 Å². The number of para-hydroxylation sites is 1. The SMILES string of the molecule is O=C(CCNC(=O)Nc1ccccc1)Nc1ccc2c(c1)Cc1ccccc1-2. The van der Waals surface area contributed by atoms with Crippen LogP contribution in [0.4, 0.5) is 16.2 Å². The quantitative estimate of drug-likeness (QED) is 0.486. The average molecular weight is 371 g/mol. The van der Waals surface area contributed by atoms with Crippen molar-refractivity contribution in [3.63, 3.8) is 0 Å². The summed E-state index contributed by atoms with van der Waals surface area (Å²) in [6.07, 6.45) is 1.09. The van der Waals surface area contributed by atoms with Gasteiger partial charge in [-0.15, -0.1) is 0 Å². The number of carbonyl (C=O) groups is 2. The molecule has 3 aromatic rings. The third-order valence-electron chi connectivity index (χ3n) is 4.75. The molecule has 3 amide bonds. The van der Waals surface area contributed by atoms with E-state index in [0.29, 0.717) is 5.69 Å². The van der Waals surface area contributed by atoms with Crippen LogP contribution in [0.1, 0.15) is 17.5 Å². The molecular formula is C23H21N3O2. The van der Waals surface area contributed by atoms with Gasteiger partial charge in [0.2, 0.25) is 5.91 Å². The third kappa shape index (κ3) is 4.04. The number of amides is 3. The smallest absolute Gasteiger partial charge is 0.319 e. The molecule has 0 saturated heterocycles. The Hall–Kier alpha value is -3.60. The molecule has 5 heteroatoms. The molecule has 0 atom stereocenters. The maximum atomic E-state index is 12.2. The molecule has 140 valence electrons. The Morgan fingerprint density at radius 1 is 0.750 bits per heavy atom. The number of anilines is 2. The molecule has 28 heavy (non-hydrogen) atoms. The van der Waals surface area contributed by atoms with Crippen molar-refractivity contribution in [2.24, 2.45) is 0 Å². The number of hydrogen-bond acceptors (Lipinski definition) is 2. The van der Waals surface area contributed by atoms with Gasteiger partial charge in [0, 0.05) is 24.3 Å². The fourth-order valence-electron chi connectivity index (χ4n) is 3.43. The van der Waals surface area contributed by atoms with Crippen molar-refractivity contribution in [3.05, 3.63) is 83.9 Å². The molecule has 0 aromatic heterocycles. The highest BCUT2D eigenvalue weighted by atomic mass is 16.2. The van der Waals surface area contributed by atoms with E-state index >= 15 is 0 Å². The van der Waals surface area contributed by atoms with E-state index in [9.17, 15) is 9.59 Å². The second kappa shape index (κ2) is 7.96. The minimum absolute atomic E-state index is 0.129. The topological polar surface area (TPSA) is 70.2 Å². The van der Waals surface area contributed by atoms with E-state index in [1.807, 2.05) is 42.5 Å². The summed E-state index contributed by atoms with van der Waals surface area (Å²) in [4.78, 5) is 24.0. The molecule has 1 aliphatic carbocycles. The number of carbonyl (C=O) groups excluding carboxylic acids is 2. The predicted octanol–water partition coefficient (Wildman–Crippen LogP) is 4.41. The lowest BCUT2D eigenvalue weighted by atomic mass is 10.1. The van der Waals surface area contributed by atoms with Gasteiger partial charge in [0.1, 0.15) is 0 Å². The van der Waals surface area contributed by atoms with Crippen molar-refractivity contribution < 1.29 is 9.59 Å². The summed E-state index contributed by atoms with van der Waals surface area (Å²) in [7, 11) is 0. The zero-order valence-electron chi connectivity index (χ0n) is 15.4. The normalized spacial score (nSPS) is 11.3. The lowest BCUT2D eigenvalue weighted by Gasteiger charge is -2.09. The van der Waals surface area contributed by atoms with Crippen molar-refractivity contribution >= 4 is 23.3 Å². The zero-order valence-corrected chi connectivity index (χ0v) is 15.4. The molecule has 0 radical (unpaired) electrons. The number of rotatable bonds is 5. The Morgan fingerprint density at radius 2 is 1.50 bits per heavy atom. The summed E-state index contributed by atoms with van der Waals surface area (Å²) in [6.45, 7) is 0.265. The van der Waals surface area contributed by atoms with Gasteiger partial charge in [0.05, 0.1) is 0 Å². The first-order valence-corrected chi connectivity index (χ1v) is 9.30. The van der Waals surface area contributed by atoms with Crippen molar-refractivity contribution in [2.75, 3.05) is 17.2 Å². The summed E-state index contributed by atoms with van der Waals surface area (Å²) in [6, 6.07) is 23.2. The highest BCUT2D eigenvalue weighted by Gasteiger charge is 2.18. The Bertz CT molecular complexity index is 1020. The molecule has 0 spiro atoms. The Kier molecular flexibility index (Phi) is 5.06. The van der Waals surface area contributed by atoms with E-state index in [2.05, 4.69) is 34.1 Å². The molecule has 3 N–H and O–H groups in total. The Balaban J connectivity index is 1.27. The van der Waals surface area contributed by atoms with E-state index in [0.717, 1.165) is 12.1 Å². The predicted molar refractivity (Wildman–Crippen MR) is 111 cm³/mol. The fourth-order valence-corrected chi connectivity index (χ4v) is 3.43. The number of nitrogens with one attached hydrogen (secondary N) is 3. The van der Waals surface area contributed by atoms with Crippen LogP contribution < -0.4 is 16.0 Å². The van der Waals surface area contributed by atoms with Gasteiger partial charge in [-0.05, 0) is 52.9 Å². The maximum Gasteiger partial charge on any atom is 0.319 e. The van der Waals surface area contributed by atoms with Crippen LogP contribution in [0, 0.1) is 0 Å². The van der Waals surface area contributed by atoms with Crippen LogP contribution in [0.2, 0.25) is 0 Å². The second-order valence-electron chi connectivity index (χ2n) is 6.75. The summed E-state index contributed by atoms with van der Waals surface area (Å²) in [5.41, 5.74) is 6.53. The molecule has 4 rings (SSSR count). The van der Waals surface area contributed by atoms with Gasteiger partial charge in [0.25, 0.3) is 0 Å². The average Bonchev–Trinajstić information content (AvgIpc) is 3.06. The van der Waals surface area contributed by atoms with Crippen molar-refractivity contribution in [2.45, 2.75) is 12.8 Å². The second-order valence-corrected chi connectivity index (χ2v) is 6.75. The van der Waals surface area contributed by atoms with E-state index in [1.54, 1.807) is 12.1 Å². The standard InChI is InChI=1S/C23H21N3O2/c27-22(12-13-24-23(28)26-18-7-2-1-3-8-18)25-19-10-11-21-17(15-19)14-16-6-4-5-9-20(16)21/h1-11,15H,12-14H2,(H,25,27)(H2,24,26,28). The van der Waals surface area contributed by atoms with E-state index in [4.69, 9.17) is 0 Å². The van der Waals surface area contributed by atoms with Crippen LogP contribution in [0.15, 0.2) is 72.8 Å². The van der Waals surface area contributed by atoms with Crippen LogP contribution in [-0.4, -0.2) is 18.5 Å². The summed E-state index contributed by atoms with van der Waals surface area (Å²) in [5.74, 6) is -0.129. The van der Waals surface area contributed by atoms with E-state index < -0.39 is 0 Å². The molecule has 1 aliphatic rings. The first-order chi connectivity index (χ1) is 13.7. The van der Waals surface area contributed by atoms with Gasteiger partial charge in [-0.2, -0.15) is 0 Å². The van der Waals surface area contributed by atoms with Gasteiger partial charge >= 0.3 is 6.03 Å². The molecule has 0 unspecified atom stereocenters. The minimum atomic E-state index is -0.325. The molecular weight excluding hydrogens is 350 g/mol. The lowest BCUT2D eigenvalue weighted by molar-refractivity contribution is -0.116. The Labute approximate surface area is 163 Å². The van der Waals surface area contributed by atoms with Gasteiger partial charge in [0.15, 0.2) is 0 Å².